The fourth-order valence-corrected chi connectivity index (χ4v) is 2.46. The molecule has 0 saturated carbocycles. The summed E-state index contributed by atoms with van der Waals surface area (Å²) in [6.07, 6.45) is 6.62. The standard InChI is InChI=1S/C21H25NO3/c1-4-5-6-16-7-9-17(10-8-16)22-14-13-20(23)19-15-18(24-2)11-12-21(19)25-3/h7-15,22H,4-6H2,1-3H3/b14-13+. The fraction of sp³-hybridized carbons (Fsp3) is 0.286. The van der Waals surface area contributed by atoms with Gasteiger partial charge in [-0.1, -0.05) is 25.5 Å². The van der Waals surface area contributed by atoms with Gasteiger partial charge in [0.2, 0.25) is 0 Å². The first kappa shape index (κ1) is 18.6. The average Bonchev–Trinajstić information content (AvgIpc) is 2.66. The molecule has 2 rings (SSSR count). The van der Waals surface area contributed by atoms with Crippen LogP contribution in [0.5, 0.6) is 11.5 Å². The summed E-state index contributed by atoms with van der Waals surface area (Å²) in [5.74, 6) is 0.992. The van der Waals surface area contributed by atoms with Gasteiger partial charge >= 0.3 is 0 Å². The van der Waals surface area contributed by atoms with Gasteiger partial charge in [0.05, 0.1) is 19.8 Å². The summed E-state index contributed by atoms with van der Waals surface area (Å²) in [6, 6.07) is 13.4. The van der Waals surface area contributed by atoms with Crippen molar-refractivity contribution in [3.8, 4) is 11.5 Å². The monoisotopic (exact) mass is 339 g/mol. The number of hydrogen-bond donors (Lipinski definition) is 1. The number of ketones is 1. The van der Waals surface area contributed by atoms with Crippen LogP contribution in [0.15, 0.2) is 54.7 Å². The molecule has 0 aliphatic carbocycles. The maximum absolute atomic E-state index is 12.4. The lowest BCUT2D eigenvalue weighted by atomic mass is 10.1. The number of rotatable bonds is 9. The van der Waals surface area contributed by atoms with Crippen LogP contribution in [0.25, 0.3) is 0 Å². The topological polar surface area (TPSA) is 47.6 Å². The lowest BCUT2D eigenvalue weighted by molar-refractivity contribution is 0.104. The summed E-state index contributed by atoms with van der Waals surface area (Å²) < 4.78 is 10.4. The molecule has 0 heterocycles. The van der Waals surface area contributed by atoms with E-state index in [1.807, 2.05) is 12.1 Å². The molecule has 25 heavy (non-hydrogen) atoms. The zero-order chi connectivity index (χ0) is 18.1. The Kier molecular flexibility index (Phi) is 7.08. The molecule has 0 radical (unpaired) electrons. The summed E-state index contributed by atoms with van der Waals surface area (Å²) >= 11 is 0. The summed E-state index contributed by atoms with van der Waals surface area (Å²) in [4.78, 5) is 12.4. The van der Waals surface area contributed by atoms with E-state index in [1.165, 1.54) is 24.5 Å². The minimum absolute atomic E-state index is 0.150. The van der Waals surface area contributed by atoms with Gasteiger partial charge in [-0.2, -0.15) is 0 Å². The molecule has 0 amide bonds. The first-order valence-electron chi connectivity index (χ1n) is 8.46. The van der Waals surface area contributed by atoms with Crippen LogP contribution in [0, 0.1) is 0 Å². The molecule has 0 atom stereocenters. The molecule has 132 valence electrons. The number of unbranched alkanes of at least 4 members (excludes halogenated alkanes) is 1. The molecule has 0 bridgehead atoms. The second-order valence-corrected chi connectivity index (χ2v) is 5.71. The predicted molar refractivity (Wildman–Crippen MR) is 102 cm³/mol. The third-order valence-electron chi connectivity index (χ3n) is 3.93. The summed E-state index contributed by atoms with van der Waals surface area (Å²) in [5.41, 5.74) is 2.74. The molecule has 0 aliphatic rings. The van der Waals surface area contributed by atoms with E-state index in [0.717, 1.165) is 12.1 Å². The van der Waals surface area contributed by atoms with Crippen LogP contribution in [-0.2, 0) is 6.42 Å². The van der Waals surface area contributed by atoms with Crippen LogP contribution < -0.4 is 14.8 Å². The summed E-state index contributed by atoms with van der Waals surface area (Å²) in [6.45, 7) is 2.19. The van der Waals surface area contributed by atoms with Gasteiger partial charge in [0.1, 0.15) is 11.5 Å². The van der Waals surface area contributed by atoms with Crippen molar-refractivity contribution in [1.82, 2.24) is 0 Å². The molecule has 4 heteroatoms. The van der Waals surface area contributed by atoms with Gasteiger partial charge in [-0.3, -0.25) is 4.79 Å². The smallest absolute Gasteiger partial charge is 0.191 e. The lowest BCUT2D eigenvalue weighted by Crippen LogP contribution is -2.01. The van der Waals surface area contributed by atoms with Gasteiger partial charge in [0, 0.05) is 18.0 Å². The van der Waals surface area contributed by atoms with E-state index in [2.05, 4.69) is 24.4 Å². The maximum Gasteiger partial charge on any atom is 0.191 e. The van der Waals surface area contributed by atoms with E-state index in [-0.39, 0.29) is 5.78 Å². The second-order valence-electron chi connectivity index (χ2n) is 5.71. The van der Waals surface area contributed by atoms with Gasteiger partial charge in [-0.25, -0.2) is 0 Å². The molecular formula is C21H25NO3. The van der Waals surface area contributed by atoms with Crippen molar-refractivity contribution < 1.29 is 14.3 Å². The molecule has 0 saturated heterocycles. The first-order valence-corrected chi connectivity index (χ1v) is 8.46. The molecule has 0 aliphatic heterocycles. The Hall–Kier alpha value is -2.75. The molecular weight excluding hydrogens is 314 g/mol. The summed E-state index contributed by atoms with van der Waals surface area (Å²) in [7, 11) is 3.11. The predicted octanol–water partition coefficient (Wildman–Crippen LogP) is 4.85. The van der Waals surface area contributed by atoms with Crippen LogP contribution in [0.4, 0.5) is 5.69 Å². The molecule has 1 N–H and O–H groups in total. The first-order chi connectivity index (χ1) is 12.2. The Morgan fingerprint density at radius 3 is 2.48 bits per heavy atom. The highest BCUT2D eigenvalue weighted by Crippen LogP contribution is 2.24. The van der Waals surface area contributed by atoms with E-state index < -0.39 is 0 Å². The van der Waals surface area contributed by atoms with Crippen molar-refractivity contribution >= 4 is 11.5 Å². The molecule has 0 unspecified atom stereocenters. The number of carbonyl (C=O) groups is 1. The average molecular weight is 339 g/mol. The highest BCUT2D eigenvalue weighted by atomic mass is 16.5. The Morgan fingerprint density at radius 2 is 1.84 bits per heavy atom. The largest absolute Gasteiger partial charge is 0.497 e. The normalized spacial score (nSPS) is 10.7. The van der Waals surface area contributed by atoms with E-state index >= 15 is 0 Å². The Bertz CT molecular complexity index is 720. The number of methoxy groups -OCH3 is 2. The molecule has 0 fully saturated rings. The zero-order valence-corrected chi connectivity index (χ0v) is 15.0. The van der Waals surface area contributed by atoms with Crippen LogP contribution in [0.3, 0.4) is 0 Å². The van der Waals surface area contributed by atoms with E-state index in [9.17, 15) is 4.79 Å². The maximum atomic E-state index is 12.4. The molecule has 0 spiro atoms. The number of carbonyl (C=O) groups excluding carboxylic acids is 1. The zero-order valence-electron chi connectivity index (χ0n) is 15.0. The second kappa shape index (κ2) is 9.52. The SMILES string of the molecule is CCCCc1ccc(N/C=C/C(=O)c2cc(OC)ccc2OC)cc1. The number of hydrogen-bond acceptors (Lipinski definition) is 4. The Labute approximate surface area is 149 Å². The molecule has 2 aromatic rings. The van der Waals surface area contributed by atoms with Crippen molar-refractivity contribution in [2.45, 2.75) is 26.2 Å². The quantitative estimate of drug-likeness (QED) is 0.524. The van der Waals surface area contributed by atoms with E-state index in [0.29, 0.717) is 17.1 Å². The number of aryl methyl sites for hydroxylation is 1. The van der Waals surface area contributed by atoms with Crippen LogP contribution in [-0.4, -0.2) is 20.0 Å². The number of ether oxygens (including phenoxy) is 2. The molecule has 2 aromatic carbocycles. The van der Waals surface area contributed by atoms with Crippen LogP contribution >= 0.6 is 0 Å². The fourth-order valence-electron chi connectivity index (χ4n) is 2.46. The van der Waals surface area contributed by atoms with Gasteiger partial charge in [-0.05, 0) is 48.7 Å². The van der Waals surface area contributed by atoms with E-state index in [4.69, 9.17) is 9.47 Å². The highest BCUT2D eigenvalue weighted by Gasteiger charge is 2.11. The van der Waals surface area contributed by atoms with Crippen molar-refractivity contribution in [3.63, 3.8) is 0 Å². The van der Waals surface area contributed by atoms with Crippen molar-refractivity contribution in [1.29, 1.82) is 0 Å². The highest BCUT2D eigenvalue weighted by molar-refractivity contribution is 6.06. The van der Waals surface area contributed by atoms with Gasteiger partial charge < -0.3 is 14.8 Å². The van der Waals surface area contributed by atoms with Crippen molar-refractivity contribution in [2.24, 2.45) is 0 Å². The Morgan fingerprint density at radius 1 is 1.08 bits per heavy atom. The van der Waals surface area contributed by atoms with Gasteiger partial charge in [0.25, 0.3) is 0 Å². The number of nitrogens with one attached hydrogen (secondary N) is 1. The summed E-state index contributed by atoms with van der Waals surface area (Å²) in [5, 5.41) is 3.12. The van der Waals surface area contributed by atoms with Crippen molar-refractivity contribution in [3.05, 3.63) is 65.9 Å². The number of anilines is 1. The lowest BCUT2D eigenvalue weighted by Gasteiger charge is -2.08. The minimum Gasteiger partial charge on any atom is -0.497 e. The van der Waals surface area contributed by atoms with Crippen LogP contribution in [0.2, 0.25) is 0 Å². The number of benzene rings is 2. The minimum atomic E-state index is -0.150. The van der Waals surface area contributed by atoms with Gasteiger partial charge in [-0.15, -0.1) is 0 Å². The third-order valence-corrected chi connectivity index (χ3v) is 3.93. The molecule has 0 aromatic heterocycles. The molecule has 4 nitrogen and oxygen atoms in total. The Balaban J connectivity index is 2.01. The number of allylic oxidation sites excluding steroid dienone is 1. The third kappa shape index (κ3) is 5.38. The van der Waals surface area contributed by atoms with Crippen LogP contribution in [0.1, 0.15) is 35.7 Å². The van der Waals surface area contributed by atoms with Gasteiger partial charge in [0.15, 0.2) is 5.78 Å². The van der Waals surface area contributed by atoms with E-state index in [1.54, 1.807) is 38.6 Å². The van der Waals surface area contributed by atoms with Crippen molar-refractivity contribution in [2.75, 3.05) is 19.5 Å².